The number of benzene rings is 1. The number of aromatic amines is 1. The molecule has 2 N–H and O–H groups in total. The number of halogens is 4. The van der Waals surface area contributed by atoms with Gasteiger partial charge < -0.3 is 19.6 Å². The van der Waals surface area contributed by atoms with E-state index in [1.54, 1.807) is 0 Å². The molecule has 0 bridgehead atoms. The summed E-state index contributed by atoms with van der Waals surface area (Å²) >= 11 is 5.96. The lowest BCUT2D eigenvalue weighted by Gasteiger charge is -2.46. The number of aromatic nitrogens is 2. The van der Waals surface area contributed by atoms with Gasteiger partial charge in [0.15, 0.2) is 5.72 Å². The molecule has 0 saturated carbocycles. The molecule has 29 heavy (non-hydrogen) atoms. The molecule has 1 saturated heterocycles. The van der Waals surface area contributed by atoms with Crippen molar-refractivity contribution in [3.63, 3.8) is 0 Å². The van der Waals surface area contributed by atoms with Gasteiger partial charge in [-0.2, -0.15) is 5.10 Å². The number of nitrogens with zero attached hydrogens (tertiary/aromatic N) is 3. The molecule has 0 spiro atoms. The van der Waals surface area contributed by atoms with E-state index in [1.165, 1.54) is 36.2 Å². The van der Waals surface area contributed by atoms with E-state index in [-0.39, 0.29) is 35.9 Å². The summed E-state index contributed by atoms with van der Waals surface area (Å²) in [6.07, 6.45) is -3.65. The third kappa shape index (κ3) is 4.62. The van der Waals surface area contributed by atoms with Crippen molar-refractivity contribution in [2.75, 3.05) is 18.0 Å². The number of aliphatic hydroxyl groups is 1. The third-order valence-electron chi connectivity index (χ3n) is 4.34. The number of H-pyrrole nitrogens is 1. The van der Waals surface area contributed by atoms with Crippen molar-refractivity contribution in [2.45, 2.75) is 25.6 Å². The molecule has 2 aromatic rings. The summed E-state index contributed by atoms with van der Waals surface area (Å²) in [5.41, 5.74) is -2.20. The fraction of sp³-hybridized carbons (Fsp3) is 0.353. The Labute approximate surface area is 167 Å². The van der Waals surface area contributed by atoms with Crippen LogP contribution < -0.4 is 15.2 Å². The van der Waals surface area contributed by atoms with E-state index in [9.17, 15) is 27.9 Å². The maximum atomic E-state index is 12.7. The summed E-state index contributed by atoms with van der Waals surface area (Å²) in [4.78, 5) is 26.8. The molecule has 0 radical (unpaired) electrons. The Morgan fingerprint density at radius 2 is 2.03 bits per heavy atom. The Morgan fingerprint density at radius 1 is 1.34 bits per heavy atom. The van der Waals surface area contributed by atoms with Crippen LogP contribution in [0.4, 0.5) is 18.9 Å². The number of amides is 1. The van der Waals surface area contributed by atoms with Crippen molar-refractivity contribution in [1.82, 2.24) is 15.1 Å². The van der Waals surface area contributed by atoms with Crippen LogP contribution in [0.5, 0.6) is 5.75 Å². The number of β-amino-alcohol motifs (C(OH)–C–C–N with tert-alkyl or cyclic N) is 1. The number of rotatable bonds is 4. The normalized spacial score (nSPS) is 20.1. The topological polar surface area (TPSA) is 98.8 Å². The van der Waals surface area contributed by atoms with Gasteiger partial charge in [0.05, 0.1) is 31.5 Å². The van der Waals surface area contributed by atoms with Crippen LogP contribution in [0, 0.1) is 0 Å². The molecule has 12 heteroatoms. The highest BCUT2D eigenvalue weighted by atomic mass is 35.5. The van der Waals surface area contributed by atoms with Gasteiger partial charge in [0, 0.05) is 5.56 Å². The zero-order valence-corrected chi connectivity index (χ0v) is 15.8. The van der Waals surface area contributed by atoms with Crippen molar-refractivity contribution in [3.8, 4) is 5.75 Å². The number of hydrogen-bond acceptors (Lipinski definition) is 6. The number of hydrogen-bond donors (Lipinski definition) is 2. The lowest BCUT2D eigenvalue weighted by atomic mass is 10.1. The first-order valence-corrected chi connectivity index (χ1v) is 8.70. The molecule has 2 heterocycles. The second kappa shape index (κ2) is 7.56. The summed E-state index contributed by atoms with van der Waals surface area (Å²) in [7, 11) is 0. The first kappa shape index (κ1) is 20.9. The molecular formula is C17H16ClF3N4O4. The molecule has 1 amide bonds. The van der Waals surface area contributed by atoms with Gasteiger partial charge in [0.25, 0.3) is 5.56 Å². The van der Waals surface area contributed by atoms with Crippen molar-refractivity contribution < 1.29 is 27.8 Å². The van der Waals surface area contributed by atoms with Crippen LogP contribution in [0.3, 0.4) is 0 Å². The smallest absolute Gasteiger partial charge is 0.405 e. The Hall–Kier alpha value is -2.79. The van der Waals surface area contributed by atoms with Gasteiger partial charge in [-0.15, -0.1) is 13.2 Å². The number of para-hydroxylation sites is 1. The molecule has 1 atom stereocenters. The maximum Gasteiger partial charge on any atom is 0.573 e. The molecule has 1 aliphatic heterocycles. The zero-order valence-electron chi connectivity index (χ0n) is 15.0. The van der Waals surface area contributed by atoms with Gasteiger partial charge in [-0.1, -0.05) is 29.8 Å². The van der Waals surface area contributed by atoms with Gasteiger partial charge >= 0.3 is 6.36 Å². The summed E-state index contributed by atoms with van der Waals surface area (Å²) in [5.74, 6) is -1.05. The molecule has 8 nitrogen and oxygen atoms in total. The van der Waals surface area contributed by atoms with E-state index in [0.717, 1.165) is 11.0 Å². The monoisotopic (exact) mass is 432 g/mol. The van der Waals surface area contributed by atoms with Gasteiger partial charge in [-0.25, -0.2) is 5.10 Å². The molecular weight excluding hydrogens is 417 g/mol. The number of carbonyl (C=O) groups excluding carboxylic acids is 1. The highest BCUT2D eigenvalue weighted by Gasteiger charge is 2.42. The van der Waals surface area contributed by atoms with Crippen molar-refractivity contribution in [1.29, 1.82) is 0 Å². The van der Waals surface area contributed by atoms with Crippen molar-refractivity contribution in [3.05, 3.63) is 51.4 Å². The lowest BCUT2D eigenvalue weighted by molar-refractivity contribution is -0.275. The molecule has 1 aliphatic rings. The van der Waals surface area contributed by atoms with E-state index < -0.39 is 29.3 Å². The van der Waals surface area contributed by atoms with E-state index in [1.807, 2.05) is 0 Å². The number of anilines is 1. The predicted molar refractivity (Wildman–Crippen MR) is 96.4 cm³/mol. The molecule has 0 aliphatic carbocycles. The van der Waals surface area contributed by atoms with Crippen LogP contribution in [0.25, 0.3) is 0 Å². The molecule has 1 fully saturated rings. The van der Waals surface area contributed by atoms with Crippen LogP contribution in [0.2, 0.25) is 5.02 Å². The van der Waals surface area contributed by atoms with Crippen LogP contribution in [-0.4, -0.2) is 51.3 Å². The molecule has 3 rings (SSSR count). The van der Waals surface area contributed by atoms with Crippen LogP contribution in [0.15, 0.2) is 35.3 Å². The highest BCUT2D eigenvalue weighted by molar-refractivity contribution is 6.33. The molecule has 1 aromatic carbocycles. The Morgan fingerprint density at radius 3 is 2.69 bits per heavy atom. The summed E-state index contributed by atoms with van der Waals surface area (Å²) < 4.78 is 41.9. The molecule has 156 valence electrons. The molecule has 1 unspecified atom stereocenters. The first-order valence-electron chi connectivity index (χ1n) is 8.32. The lowest BCUT2D eigenvalue weighted by Crippen LogP contribution is -2.63. The van der Waals surface area contributed by atoms with E-state index in [4.69, 9.17) is 11.6 Å². The van der Waals surface area contributed by atoms with E-state index in [2.05, 4.69) is 14.9 Å². The Balaban J connectivity index is 1.86. The quantitative estimate of drug-likeness (QED) is 0.765. The van der Waals surface area contributed by atoms with Gasteiger partial charge in [-0.3, -0.25) is 9.59 Å². The van der Waals surface area contributed by atoms with E-state index >= 15 is 0 Å². The van der Waals surface area contributed by atoms with Crippen LogP contribution in [0.1, 0.15) is 12.5 Å². The summed E-state index contributed by atoms with van der Waals surface area (Å²) in [6.45, 7) is 0.612. The number of alkyl halides is 3. The minimum absolute atomic E-state index is 0.0720. The Bertz CT molecular complexity index is 980. The second-order valence-corrected chi connectivity index (χ2v) is 6.98. The summed E-state index contributed by atoms with van der Waals surface area (Å²) in [6, 6.07) is 5.36. The first-order chi connectivity index (χ1) is 13.5. The average molecular weight is 433 g/mol. The molecule has 1 aromatic heterocycles. The van der Waals surface area contributed by atoms with Crippen LogP contribution >= 0.6 is 11.6 Å². The predicted octanol–water partition coefficient (Wildman–Crippen LogP) is 1.88. The van der Waals surface area contributed by atoms with Crippen LogP contribution in [-0.2, 0) is 11.3 Å². The van der Waals surface area contributed by atoms with E-state index in [0.29, 0.717) is 0 Å². The van der Waals surface area contributed by atoms with Gasteiger partial charge in [-0.05, 0) is 13.0 Å². The minimum Gasteiger partial charge on any atom is -0.405 e. The highest BCUT2D eigenvalue weighted by Crippen LogP contribution is 2.32. The number of nitrogens with one attached hydrogen (secondary N) is 1. The largest absolute Gasteiger partial charge is 0.573 e. The Kier molecular flexibility index (Phi) is 5.46. The van der Waals surface area contributed by atoms with Gasteiger partial charge in [0.1, 0.15) is 10.8 Å². The maximum absolute atomic E-state index is 12.7. The fourth-order valence-corrected chi connectivity index (χ4v) is 3.28. The van der Waals surface area contributed by atoms with Crippen molar-refractivity contribution >= 4 is 23.2 Å². The second-order valence-electron chi connectivity index (χ2n) is 6.61. The standard InChI is InChI=1S/C17H16ClF3N4O4/c1-16(28)9-24(11-6-22-23-15(27)14(11)18)8-13(26)25(16)7-10-4-2-3-5-12(10)29-17(19,20)21/h2-6,28H,7-9H2,1H3,(H,23,27). The summed E-state index contributed by atoms with van der Waals surface area (Å²) in [5, 5.41) is 16.4. The van der Waals surface area contributed by atoms with Crippen molar-refractivity contribution in [2.24, 2.45) is 0 Å². The zero-order chi connectivity index (χ0) is 21.4. The number of carbonyl (C=O) groups is 1. The third-order valence-corrected chi connectivity index (χ3v) is 4.71. The average Bonchev–Trinajstić information content (AvgIpc) is 2.60. The number of piperazine rings is 1. The fourth-order valence-electron chi connectivity index (χ4n) is 3.07. The van der Waals surface area contributed by atoms with Gasteiger partial charge in [0.2, 0.25) is 5.91 Å². The number of ether oxygens (including phenoxy) is 1. The minimum atomic E-state index is -4.90. The SMILES string of the molecule is CC1(O)CN(c2cn[nH]c(=O)c2Cl)CC(=O)N1Cc1ccccc1OC(F)(F)F.